The van der Waals surface area contributed by atoms with E-state index in [0.29, 0.717) is 35.0 Å². The van der Waals surface area contributed by atoms with E-state index >= 15 is 0 Å². The first-order valence-corrected chi connectivity index (χ1v) is 8.07. The van der Waals surface area contributed by atoms with Gasteiger partial charge in [-0.05, 0) is 49.2 Å². The number of hydrogen-bond acceptors (Lipinski definition) is 4. The molecule has 0 aliphatic heterocycles. The predicted octanol–water partition coefficient (Wildman–Crippen LogP) is 4.89. The third kappa shape index (κ3) is 4.34. The van der Waals surface area contributed by atoms with Crippen molar-refractivity contribution in [3.63, 3.8) is 0 Å². The topological polar surface area (TPSA) is 44.8 Å². The lowest BCUT2D eigenvalue weighted by Gasteiger charge is -2.14. The van der Waals surface area contributed by atoms with E-state index in [-0.39, 0.29) is 6.61 Å². The highest BCUT2D eigenvalue weighted by Crippen LogP contribution is 2.36. The van der Waals surface area contributed by atoms with Gasteiger partial charge in [-0.2, -0.15) is 0 Å². The van der Waals surface area contributed by atoms with E-state index in [0.717, 1.165) is 21.9 Å². The predicted molar refractivity (Wildman–Crippen MR) is 95.3 cm³/mol. The van der Waals surface area contributed by atoms with Crippen molar-refractivity contribution >= 4 is 29.5 Å². The van der Waals surface area contributed by atoms with Crippen LogP contribution in [-0.2, 0) is 0 Å². The van der Waals surface area contributed by atoms with Crippen molar-refractivity contribution in [1.82, 2.24) is 0 Å². The van der Waals surface area contributed by atoms with E-state index in [1.165, 1.54) is 13.2 Å². The van der Waals surface area contributed by atoms with Crippen LogP contribution >= 0.6 is 23.2 Å². The summed E-state index contributed by atoms with van der Waals surface area (Å²) in [5, 5.41) is 1.06. The van der Waals surface area contributed by atoms with Crippen LogP contribution in [0.1, 0.15) is 21.5 Å². The van der Waals surface area contributed by atoms with Gasteiger partial charge in [-0.25, -0.2) is 0 Å². The lowest BCUT2D eigenvalue weighted by molar-refractivity contribution is 0.112. The Morgan fingerprint density at radius 2 is 1.62 bits per heavy atom. The molecule has 0 saturated heterocycles. The third-order valence-corrected chi connectivity index (χ3v) is 4.27. The number of benzene rings is 2. The van der Waals surface area contributed by atoms with Crippen molar-refractivity contribution < 1.29 is 19.0 Å². The average molecular weight is 369 g/mol. The molecule has 0 fully saturated rings. The Kier molecular flexibility index (Phi) is 6.35. The van der Waals surface area contributed by atoms with Crippen molar-refractivity contribution in [1.29, 1.82) is 0 Å². The second kappa shape index (κ2) is 8.27. The van der Waals surface area contributed by atoms with Crippen LogP contribution < -0.4 is 14.2 Å². The van der Waals surface area contributed by atoms with Gasteiger partial charge in [0.05, 0.1) is 12.1 Å². The molecule has 0 saturated carbocycles. The minimum atomic E-state index is 0.275. The van der Waals surface area contributed by atoms with Crippen molar-refractivity contribution in [2.75, 3.05) is 20.3 Å². The molecule has 0 unspecified atom stereocenters. The Labute approximate surface area is 151 Å². The van der Waals surface area contributed by atoms with Crippen LogP contribution in [0, 0.1) is 13.8 Å². The van der Waals surface area contributed by atoms with Crippen molar-refractivity contribution in [3.8, 4) is 17.2 Å². The van der Waals surface area contributed by atoms with E-state index < -0.39 is 0 Å². The van der Waals surface area contributed by atoms with Crippen LogP contribution in [0.2, 0.25) is 10.0 Å². The molecule has 0 bridgehead atoms. The van der Waals surface area contributed by atoms with E-state index in [9.17, 15) is 4.79 Å². The maximum atomic E-state index is 10.8. The molecule has 2 rings (SSSR count). The zero-order valence-corrected chi connectivity index (χ0v) is 15.2. The molecule has 0 N–H and O–H groups in total. The normalized spacial score (nSPS) is 10.4. The molecule has 128 valence electrons. The standard InChI is InChI=1S/C18H18Cl2O4/c1-11-6-14(7-12(2)17(11)20)23-4-5-24-18-15(19)8-13(10-21)9-16(18)22-3/h6-10H,4-5H2,1-3H3. The molecule has 0 atom stereocenters. The average Bonchev–Trinajstić information content (AvgIpc) is 2.56. The summed E-state index contributed by atoms with van der Waals surface area (Å²) >= 11 is 12.3. The fourth-order valence-electron chi connectivity index (χ4n) is 2.24. The second-order valence-electron chi connectivity index (χ2n) is 5.22. The Morgan fingerprint density at radius 1 is 1.00 bits per heavy atom. The Morgan fingerprint density at radius 3 is 2.21 bits per heavy atom. The minimum absolute atomic E-state index is 0.275. The number of ether oxygens (including phenoxy) is 3. The summed E-state index contributed by atoms with van der Waals surface area (Å²) in [6.07, 6.45) is 0.701. The number of aryl methyl sites for hydroxylation is 2. The molecule has 2 aromatic carbocycles. The molecule has 0 amide bonds. The van der Waals surface area contributed by atoms with Crippen molar-refractivity contribution in [2.24, 2.45) is 0 Å². The zero-order chi connectivity index (χ0) is 17.7. The molecule has 0 aromatic heterocycles. The van der Waals surface area contributed by atoms with Crippen molar-refractivity contribution in [3.05, 3.63) is 51.0 Å². The fraction of sp³-hybridized carbons (Fsp3) is 0.278. The van der Waals surface area contributed by atoms with Crippen LogP contribution in [-0.4, -0.2) is 26.6 Å². The first-order chi connectivity index (χ1) is 11.5. The molecule has 2 aromatic rings. The van der Waals surface area contributed by atoms with Crippen LogP contribution in [0.4, 0.5) is 0 Å². The molecule has 4 nitrogen and oxygen atoms in total. The van der Waals surface area contributed by atoms with E-state index in [1.54, 1.807) is 6.07 Å². The summed E-state index contributed by atoms with van der Waals surface area (Å²) in [4.78, 5) is 10.8. The van der Waals surface area contributed by atoms with Crippen LogP contribution in [0.5, 0.6) is 17.2 Å². The molecule has 0 aliphatic carbocycles. The molecule has 0 radical (unpaired) electrons. The number of halogens is 2. The molecule has 0 aliphatic rings. The number of methoxy groups -OCH3 is 1. The molecule has 0 spiro atoms. The Hall–Kier alpha value is -1.91. The van der Waals surface area contributed by atoms with Gasteiger partial charge in [-0.15, -0.1) is 0 Å². The Balaban J connectivity index is 1.99. The maximum absolute atomic E-state index is 10.8. The smallest absolute Gasteiger partial charge is 0.179 e. The summed E-state index contributed by atoms with van der Waals surface area (Å²) < 4.78 is 16.5. The van der Waals surface area contributed by atoms with Gasteiger partial charge in [0.25, 0.3) is 0 Å². The van der Waals surface area contributed by atoms with E-state index in [4.69, 9.17) is 37.4 Å². The van der Waals surface area contributed by atoms with Gasteiger partial charge in [-0.3, -0.25) is 4.79 Å². The first kappa shape index (κ1) is 18.4. The van der Waals surface area contributed by atoms with Gasteiger partial charge >= 0.3 is 0 Å². The second-order valence-corrected chi connectivity index (χ2v) is 6.01. The molecular formula is C18H18Cl2O4. The SMILES string of the molecule is COc1cc(C=O)cc(Cl)c1OCCOc1cc(C)c(Cl)c(C)c1. The van der Waals surface area contributed by atoms with Gasteiger partial charge in [0.1, 0.15) is 25.2 Å². The number of hydrogen-bond donors (Lipinski definition) is 0. The number of rotatable bonds is 7. The lowest BCUT2D eigenvalue weighted by atomic mass is 10.1. The van der Waals surface area contributed by atoms with Gasteiger partial charge in [0.15, 0.2) is 11.5 Å². The molecule has 6 heteroatoms. The summed E-state index contributed by atoms with van der Waals surface area (Å²) in [6.45, 7) is 4.46. The quantitative estimate of drug-likeness (QED) is 0.515. The highest BCUT2D eigenvalue weighted by Gasteiger charge is 2.12. The van der Waals surface area contributed by atoms with Gasteiger partial charge in [0.2, 0.25) is 0 Å². The van der Waals surface area contributed by atoms with Gasteiger partial charge in [0, 0.05) is 10.6 Å². The number of carbonyl (C=O) groups is 1. The van der Waals surface area contributed by atoms with Crippen LogP contribution in [0.3, 0.4) is 0 Å². The van der Waals surface area contributed by atoms with Crippen molar-refractivity contribution in [2.45, 2.75) is 13.8 Å². The summed E-state index contributed by atoms with van der Waals surface area (Å²) in [5.41, 5.74) is 2.34. The monoisotopic (exact) mass is 368 g/mol. The summed E-state index contributed by atoms with van der Waals surface area (Å²) in [5.74, 6) is 1.52. The van der Waals surface area contributed by atoms with E-state index in [1.807, 2.05) is 26.0 Å². The minimum Gasteiger partial charge on any atom is -0.493 e. The Bertz CT molecular complexity index is 721. The van der Waals surface area contributed by atoms with Crippen LogP contribution in [0.15, 0.2) is 24.3 Å². The molecular weight excluding hydrogens is 351 g/mol. The molecule has 24 heavy (non-hydrogen) atoms. The van der Waals surface area contributed by atoms with Gasteiger partial charge < -0.3 is 14.2 Å². The number of carbonyl (C=O) groups excluding carboxylic acids is 1. The van der Waals surface area contributed by atoms with Crippen LogP contribution in [0.25, 0.3) is 0 Å². The largest absolute Gasteiger partial charge is 0.493 e. The lowest BCUT2D eigenvalue weighted by Crippen LogP contribution is -2.10. The first-order valence-electron chi connectivity index (χ1n) is 7.31. The highest BCUT2D eigenvalue weighted by molar-refractivity contribution is 6.32. The summed E-state index contributed by atoms with van der Waals surface area (Å²) in [6, 6.07) is 6.85. The number of aldehydes is 1. The highest BCUT2D eigenvalue weighted by atomic mass is 35.5. The van der Waals surface area contributed by atoms with Gasteiger partial charge in [-0.1, -0.05) is 23.2 Å². The zero-order valence-electron chi connectivity index (χ0n) is 13.7. The molecule has 0 heterocycles. The van der Waals surface area contributed by atoms with E-state index in [2.05, 4.69) is 0 Å². The summed E-state index contributed by atoms with van der Waals surface area (Å²) in [7, 11) is 1.49. The third-order valence-electron chi connectivity index (χ3n) is 3.40. The fourth-order valence-corrected chi connectivity index (χ4v) is 2.62. The maximum Gasteiger partial charge on any atom is 0.179 e.